The lowest BCUT2D eigenvalue weighted by Crippen LogP contribution is -2.33. The molecule has 0 spiro atoms. The summed E-state index contributed by atoms with van der Waals surface area (Å²) in [5.41, 5.74) is -1.08. The smallest absolute Gasteiger partial charge is 0.303 e. The lowest BCUT2D eigenvalue weighted by atomic mass is 9.84. The molecule has 6 heteroatoms. The Balaban J connectivity index is 2.76. The van der Waals surface area contributed by atoms with Gasteiger partial charge in [0, 0.05) is 13.2 Å². The topological polar surface area (TPSA) is 67.2 Å². The van der Waals surface area contributed by atoms with E-state index in [-0.39, 0.29) is 12.8 Å². The number of hydrogen-bond acceptors (Lipinski definition) is 4. The molecule has 0 radical (unpaired) electrons. The highest BCUT2D eigenvalue weighted by atomic mass is 32.3. The lowest BCUT2D eigenvalue weighted by molar-refractivity contribution is 0.0488. The fourth-order valence-corrected chi connectivity index (χ4v) is 2.39. The van der Waals surface area contributed by atoms with Crippen LogP contribution in [0.1, 0.15) is 12.8 Å². The highest BCUT2D eigenvalue weighted by Crippen LogP contribution is 2.31. The second-order valence-electron chi connectivity index (χ2n) is 3.19. The maximum atomic E-state index is 12.4. The van der Waals surface area contributed by atoms with Crippen LogP contribution in [0.25, 0.3) is 0 Å². The maximum absolute atomic E-state index is 12.4. The van der Waals surface area contributed by atoms with Crippen molar-refractivity contribution in [1.82, 2.24) is 0 Å². The molecular formula is C7H10FNO3S. The average molecular weight is 207 g/mol. The van der Waals surface area contributed by atoms with E-state index in [4.69, 9.17) is 10.00 Å². The van der Waals surface area contributed by atoms with Crippen LogP contribution in [0.5, 0.6) is 0 Å². The Bertz CT molecular complexity index is 313. The van der Waals surface area contributed by atoms with E-state index in [2.05, 4.69) is 0 Å². The van der Waals surface area contributed by atoms with Gasteiger partial charge in [0.2, 0.25) is 0 Å². The van der Waals surface area contributed by atoms with Gasteiger partial charge >= 0.3 is 10.2 Å². The minimum atomic E-state index is -4.57. The van der Waals surface area contributed by atoms with Crippen molar-refractivity contribution < 1.29 is 17.0 Å². The summed E-state index contributed by atoms with van der Waals surface area (Å²) in [5.74, 6) is -0.708. The zero-order chi connectivity index (χ0) is 9.95. The molecule has 1 aliphatic heterocycles. The fourth-order valence-electron chi connectivity index (χ4n) is 1.38. The Kier molecular flexibility index (Phi) is 2.88. The van der Waals surface area contributed by atoms with Crippen molar-refractivity contribution in [3.8, 4) is 6.07 Å². The van der Waals surface area contributed by atoms with Gasteiger partial charge in [0.1, 0.15) is 0 Å². The second kappa shape index (κ2) is 3.60. The summed E-state index contributed by atoms with van der Waals surface area (Å²) in [5, 5.41) is 8.77. The van der Waals surface area contributed by atoms with Crippen LogP contribution in [0.15, 0.2) is 0 Å². The lowest BCUT2D eigenvalue weighted by Gasteiger charge is -2.28. The SMILES string of the molecule is N#CC1(CS(=O)(=O)F)CCOCC1. The molecule has 0 saturated carbocycles. The van der Waals surface area contributed by atoms with Gasteiger partial charge in [0.05, 0.1) is 17.2 Å². The molecule has 0 aromatic carbocycles. The normalized spacial score (nSPS) is 22.2. The first-order chi connectivity index (χ1) is 5.97. The van der Waals surface area contributed by atoms with Crippen LogP contribution in [0, 0.1) is 16.7 Å². The van der Waals surface area contributed by atoms with Gasteiger partial charge in [-0.3, -0.25) is 0 Å². The molecule has 13 heavy (non-hydrogen) atoms. The first-order valence-electron chi connectivity index (χ1n) is 3.89. The van der Waals surface area contributed by atoms with Gasteiger partial charge in [-0.05, 0) is 12.8 Å². The third kappa shape index (κ3) is 2.94. The predicted octanol–water partition coefficient (Wildman–Crippen LogP) is 0.606. The van der Waals surface area contributed by atoms with E-state index in [0.29, 0.717) is 13.2 Å². The van der Waals surface area contributed by atoms with Crippen molar-refractivity contribution in [3.63, 3.8) is 0 Å². The monoisotopic (exact) mass is 207 g/mol. The molecule has 1 saturated heterocycles. The van der Waals surface area contributed by atoms with E-state index in [9.17, 15) is 12.3 Å². The Morgan fingerprint density at radius 2 is 2.00 bits per heavy atom. The molecule has 0 aromatic heterocycles. The zero-order valence-electron chi connectivity index (χ0n) is 6.99. The van der Waals surface area contributed by atoms with Crippen LogP contribution in [-0.2, 0) is 15.0 Å². The average Bonchev–Trinajstić information content (AvgIpc) is 2.03. The number of hydrogen-bond donors (Lipinski definition) is 0. The molecule has 0 atom stereocenters. The van der Waals surface area contributed by atoms with Crippen LogP contribution in [0.4, 0.5) is 3.89 Å². The molecule has 1 fully saturated rings. The summed E-state index contributed by atoms with van der Waals surface area (Å²) in [6.07, 6.45) is 0.569. The van der Waals surface area contributed by atoms with Crippen LogP contribution < -0.4 is 0 Å². The van der Waals surface area contributed by atoms with E-state index in [1.807, 2.05) is 6.07 Å². The van der Waals surface area contributed by atoms with Crippen LogP contribution in [0.2, 0.25) is 0 Å². The standard InChI is InChI=1S/C7H10FNO3S/c8-13(10,11)6-7(5-9)1-3-12-4-2-7/h1-4,6H2. The van der Waals surface area contributed by atoms with Crippen molar-refractivity contribution in [1.29, 1.82) is 5.26 Å². The summed E-state index contributed by atoms with van der Waals surface area (Å²) in [6.45, 7) is 0.645. The van der Waals surface area contributed by atoms with Gasteiger partial charge in [0.25, 0.3) is 0 Å². The third-order valence-corrected chi connectivity index (χ3v) is 3.03. The Hall–Kier alpha value is -0.670. The highest BCUT2D eigenvalue weighted by Gasteiger charge is 2.37. The molecule has 4 nitrogen and oxygen atoms in total. The minimum absolute atomic E-state index is 0.284. The van der Waals surface area contributed by atoms with E-state index < -0.39 is 21.4 Å². The summed E-state index contributed by atoms with van der Waals surface area (Å²) >= 11 is 0. The van der Waals surface area contributed by atoms with E-state index in [1.165, 1.54) is 0 Å². The first kappa shape index (κ1) is 10.4. The maximum Gasteiger partial charge on any atom is 0.303 e. The molecule has 1 heterocycles. The van der Waals surface area contributed by atoms with Crippen LogP contribution >= 0.6 is 0 Å². The van der Waals surface area contributed by atoms with Crippen molar-refractivity contribution in [3.05, 3.63) is 0 Å². The van der Waals surface area contributed by atoms with E-state index in [0.717, 1.165) is 0 Å². The first-order valence-corrected chi connectivity index (χ1v) is 5.44. The third-order valence-electron chi connectivity index (χ3n) is 2.14. The van der Waals surface area contributed by atoms with Crippen molar-refractivity contribution in [2.24, 2.45) is 5.41 Å². The Morgan fingerprint density at radius 1 is 1.46 bits per heavy atom. The quantitative estimate of drug-likeness (QED) is 0.622. The molecule has 0 amide bonds. The van der Waals surface area contributed by atoms with Crippen molar-refractivity contribution in [2.45, 2.75) is 12.8 Å². The predicted molar refractivity (Wildman–Crippen MR) is 43.0 cm³/mol. The van der Waals surface area contributed by atoms with Gasteiger partial charge in [0.15, 0.2) is 0 Å². The summed E-state index contributed by atoms with van der Waals surface area (Å²) in [4.78, 5) is 0. The number of rotatable bonds is 2. The van der Waals surface area contributed by atoms with Gasteiger partial charge < -0.3 is 4.74 Å². The molecule has 74 valence electrons. The largest absolute Gasteiger partial charge is 0.381 e. The number of nitriles is 1. The molecule has 0 bridgehead atoms. The molecular weight excluding hydrogens is 197 g/mol. The zero-order valence-corrected chi connectivity index (χ0v) is 7.81. The number of nitrogens with zero attached hydrogens (tertiary/aromatic N) is 1. The fraction of sp³-hybridized carbons (Fsp3) is 0.857. The summed E-state index contributed by atoms with van der Waals surface area (Å²) < 4.78 is 38.2. The van der Waals surface area contributed by atoms with Crippen molar-refractivity contribution in [2.75, 3.05) is 19.0 Å². The van der Waals surface area contributed by atoms with Gasteiger partial charge in [-0.15, -0.1) is 3.89 Å². The van der Waals surface area contributed by atoms with Crippen LogP contribution in [-0.4, -0.2) is 27.4 Å². The molecule has 0 unspecified atom stereocenters. The minimum Gasteiger partial charge on any atom is -0.381 e. The van der Waals surface area contributed by atoms with Crippen LogP contribution in [0.3, 0.4) is 0 Å². The molecule has 0 aliphatic carbocycles. The van der Waals surface area contributed by atoms with Gasteiger partial charge in [-0.25, -0.2) is 0 Å². The summed E-state index contributed by atoms with van der Waals surface area (Å²) in [7, 11) is -4.57. The van der Waals surface area contributed by atoms with E-state index >= 15 is 0 Å². The molecule has 1 aliphatic rings. The van der Waals surface area contributed by atoms with Crippen molar-refractivity contribution >= 4 is 10.2 Å². The van der Waals surface area contributed by atoms with E-state index in [1.54, 1.807) is 0 Å². The summed E-state index contributed by atoms with van der Waals surface area (Å²) in [6, 6.07) is 1.87. The second-order valence-corrected chi connectivity index (χ2v) is 4.55. The molecule has 0 N–H and O–H groups in total. The molecule has 1 rings (SSSR count). The molecule has 0 aromatic rings. The van der Waals surface area contributed by atoms with Gasteiger partial charge in [-0.2, -0.15) is 13.7 Å². The number of ether oxygens (including phenoxy) is 1. The van der Waals surface area contributed by atoms with Gasteiger partial charge in [-0.1, -0.05) is 0 Å². The highest BCUT2D eigenvalue weighted by molar-refractivity contribution is 7.86. The number of halogens is 1. The Labute approximate surface area is 76.5 Å². The Morgan fingerprint density at radius 3 is 2.38 bits per heavy atom.